The summed E-state index contributed by atoms with van der Waals surface area (Å²) < 4.78 is 35.3. The van der Waals surface area contributed by atoms with E-state index in [9.17, 15) is 8.42 Å². The van der Waals surface area contributed by atoms with Crippen LogP contribution in [0.15, 0.2) is 36.5 Å². The first-order valence-corrected chi connectivity index (χ1v) is 9.79. The standard InChI is InChI=1S/C14H18N2O4S2/c17-22(18,19)21-11-9-15-7-3-10-20-14-6-1-5-13-12(14)4-2-8-16-13/h1-2,4-6,8,15H,3,7,9-11H2,(H,17,18,19). The number of hydrogen-bond donors (Lipinski definition) is 2. The van der Waals surface area contributed by atoms with Gasteiger partial charge in [-0.3, -0.25) is 9.54 Å². The molecule has 1 heterocycles. The third kappa shape index (κ3) is 5.80. The highest BCUT2D eigenvalue weighted by Gasteiger charge is 2.04. The lowest BCUT2D eigenvalue weighted by Crippen LogP contribution is -2.20. The monoisotopic (exact) mass is 342 g/mol. The first-order chi connectivity index (χ1) is 10.6. The first-order valence-electron chi connectivity index (χ1n) is 6.85. The van der Waals surface area contributed by atoms with Gasteiger partial charge in [-0.15, -0.1) is 0 Å². The van der Waals surface area contributed by atoms with Gasteiger partial charge in [0, 0.05) is 23.9 Å². The molecule has 8 heteroatoms. The molecule has 2 aromatic rings. The molecule has 1 aromatic carbocycles. The smallest absolute Gasteiger partial charge is 0.319 e. The normalized spacial score (nSPS) is 11.7. The number of rotatable bonds is 9. The summed E-state index contributed by atoms with van der Waals surface area (Å²) in [5.41, 5.74) is 0.903. The highest BCUT2D eigenvalue weighted by atomic mass is 33.1. The summed E-state index contributed by atoms with van der Waals surface area (Å²) in [4.78, 5) is 4.28. The maximum atomic E-state index is 10.5. The summed E-state index contributed by atoms with van der Waals surface area (Å²) in [6, 6.07) is 9.62. The SMILES string of the molecule is O=S(=O)(O)SCCNCCCOc1cccc2ncccc12. The van der Waals surface area contributed by atoms with Crippen molar-refractivity contribution in [2.24, 2.45) is 0 Å². The molecular weight excluding hydrogens is 324 g/mol. The maximum absolute atomic E-state index is 10.5. The molecule has 22 heavy (non-hydrogen) atoms. The molecule has 0 saturated heterocycles. The van der Waals surface area contributed by atoms with Crippen molar-refractivity contribution in [3.05, 3.63) is 36.5 Å². The lowest BCUT2D eigenvalue weighted by atomic mass is 10.2. The zero-order valence-electron chi connectivity index (χ0n) is 11.9. The highest BCUT2D eigenvalue weighted by molar-refractivity contribution is 8.69. The van der Waals surface area contributed by atoms with Crippen molar-refractivity contribution in [1.29, 1.82) is 0 Å². The van der Waals surface area contributed by atoms with Gasteiger partial charge in [-0.05, 0) is 48.0 Å². The summed E-state index contributed by atoms with van der Waals surface area (Å²) in [7, 11) is -3.41. The number of ether oxygens (including phenoxy) is 1. The van der Waals surface area contributed by atoms with Gasteiger partial charge in [0.1, 0.15) is 5.75 Å². The fourth-order valence-corrected chi connectivity index (χ4v) is 3.24. The van der Waals surface area contributed by atoms with E-state index in [1.807, 2.05) is 30.3 Å². The van der Waals surface area contributed by atoms with Gasteiger partial charge in [-0.25, -0.2) is 0 Å². The summed E-state index contributed by atoms with van der Waals surface area (Å²) in [5, 5.41) is 4.08. The van der Waals surface area contributed by atoms with Crippen LogP contribution in [-0.2, 0) is 9.15 Å². The molecule has 2 N–H and O–H groups in total. The van der Waals surface area contributed by atoms with E-state index >= 15 is 0 Å². The van der Waals surface area contributed by atoms with Gasteiger partial charge >= 0.3 is 9.15 Å². The van der Waals surface area contributed by atoms with E-state index in [-0.39, 0.29) is 0 Å². The molecule has 120 valence electrons. The fourth-order valence-electron chi connectivity index (χ4n) is 1.92. The molecule has 0 bridgehead atoms. The maximum Gasteiger partial charge on any atom is 0.319 e. The van der Waals surface area contributed by atoms with Crippen LogP contribution in [0, 0.1) is 0 Å². The summed E-state index contributed by atoms with van der Waals surface area (Å²) in [6.45, 7) is 1.80. The predicted octanol–water partition coefficient (Wildman–Crippen LogP) is 2.13. The van der Waals surface area contributed by atoms with Crippen LogP contribution in [-0.4, -0.2) is 43.4 Å². The second kappa shape index (κ2) is 8.33. The third-order valence-corrected chi connectivity index (χ3v) is 4.93. The number of nitrogens with one attached hydrogen (secondary N) is 1. The van der Waals surface area contributed by atoms with Crippen molar-refractivity contribution in [3.8, 4) is 5.75 Å². The molecular formula is C14H18N2O4S2. The van der Waals surface area contributed by atoms with Gasteiger partial charge in [0.05, 0.1) is 12.1 Å². The summed E-state index contributed by atoms with van der Waals surface area (Å²) in [6.07, 6.45) is 2.55. The van der Waals surface area contributed by atoms with Crippen LogP contribution in [0.1, 0.15) is 6.42 Å². The van der Waals surface area contributed by atoms with Gasteiger partial charge in [-0.2, -0.15) is 8.42 Å². The summed E-state index contributed by atoms with van der Waals surface area (Å²) >= 11 is 0. The van der Waals surface area contributed by atoms with Gasteiger partial charge < -0.3 is 10.1 Å². The van der Waals surface area contributed by atoms with Crippen LogP contribution in [0.4, 0.5) is 0 Å². The van der Waals surface area contributed by atoms with Crippen LogP contribution in [0.2, 0.25) is 0 Å². The minimum absolute atomic E-state index is 0.314. The Morgan fingerprint density at radius 1 is 1.23 bits per heavy atom. The molecule has 0 aliphatic rings. The zero-order valence-corrected chi connectivity index (χ0v) is 13.6. The van der Waals surface area contributed by atoms with Crippen molar-refractivity contribution < 1.29 is 17.7 Å². The number of benzene rings is 1. The Morgan fingerprint density at radius 2 is 2.09 bits per heavy atom. The van der Waals surface area contributed by atoms with Crippen molar-refractivity contribution in [1.82, 2.24) is 10.3 Å². The van der Waals surface area contributed by atoms with Crippen molar-refractivity contribution in [3.63, 3.8) is 0 Å². The van der Waals surface area contributed by atoms with E-state index in [1.165, 1.54) is 0 Å². The predicted molar refractivity (Wildman–Crippen MR) is 88.7 cm³/mol. The van der Waals surface area contributed by atoms with Crippen LogP contribution < -0.4 is 10.1 Å². The van der Waals surface area contributed by atoms with E-state index in [0.717, 1.165) is 29.6 Å². The lowest BCUT2D eigenvalue weighted by molar-refractivity contribution is 0.312. The van der Waals surface area contributed by atoms with Gasteiger partial charge in [0.15, 0.2) is 0 Å². The van der Waals surface area contributed by atoms with E-state index in [4.69, 9.17) is 9.29 Å². The van der Waals surface area contributed by atoms with E-state index in [1.54, 1.807) is 6.20 Å². The number of pyridine rings is 1. The average Bonchev–Trinajstić information content (AvgIpc) is 2.49. The van der Waals surface area contributed by atoms with Crippen LogP contribution in [0.25, 0.3) is 10.9 Å². The molecule has 0 amide bonds. The van der Waals surface area contributed by atoms with E-state index in [0.29, 0.717) is 29.7 Å². The fraction of sp³-hybridized carbons (Fsp3) is 0.357. The Morgan fingerprint density at radius 3 is 2.91 bits per heavy atom. The number of fused-ring (bicyclic) bond motifs is 1. The Labute approximate surface area is 133 Å². The second-order valence-electron chi connectivity index (χ2n) is 4.53. The number of hydrogen-bond acceptors (Lipinski definition) is 6. The molecule has 6 nitrogen and oxygen atoms in total. The highest BCUT2D eigenvalue weighted by Crippen LogP contribution is 2.23. The largest absolute Gasteiger partial charge is 0.493 e. The topological polar surface area (TPSA) is 88.5 Å². The zero-order chi connectivity index (χ0) is 15.8. The van der Waals surface area contributed by atoms with Crippen molar-refractivity contribution in [2.75, 3.05) is 25.4 Å². The van der Waals surface area contributed by atoms with Gasteiger partial charge in [0.25, 0.3) is 0 Å². The number of nitrogens with zero attached hydrogens (tertiary/aromatic N) is 1. The van der Waals surface area contributed by atoms with Crippen LogP contribution >= 0.6 is 10.8 Å². The molecule has 1 aromatic heterocycles. The Kier molecular flexibility index (Phi) is 6.44. The Balaban J connectivity index is 1.66. The van der Waals surface area contributed by atoms with Crippen LogP contribution in [0.5, 0.6) is 5.75 Å². The van der Waals surface area contributed by atoms with Crippen LogP contribution in [0.3, 0.4) is 0 Å². The number of aromatic nitrogens is 1. The molecule has 0 spiro atoms. The first kappa shape index (κ1) is 17.0. The minimum Gasteiger partial charge on any atom is -0.493 e. The molecule has 0 aliphatic heterocycles. The Bertz CT molecular complexity index is 702. The molecule has 0 aliphatic carbocycles. The molecule has 0 radical (unpaired) electrons. The Hall–Kier alpha value is -1.35. The van der Waals surface area contributed by atoms with E-state index < -0.39 is 9.15 Å². The van der Waals surface area contributed by atoms with Crippen molar-refractivity contribution in [2.45, 2.75) is 6.42 Å². The van der Waals surface area contributed by atoms with Gasteiger partial charge in [-0.1, -0.05) is 6.07 Å². The quantitative estimate of drug-likeness (QED) is 0.410. The molecule has 0 unspecified atom stereocenters. The molecule has 0 atom stereocenters. The summed E-state index contributed by atoms with van der Waals surface area (Å²) in [5.74, 6) is 1.13. The third-order valence-electron chi connectivity index (χ3n) is 2.87. The molecule has 0 fully saturated rings. The second-order valence-corrected chi connectivity index (χ2v) is 8.00. The average molecular weight is 342 g/mol. The van der Waals surface area contributed by atoms with Crippen molar-refractivity contribution >= 4 is 30.8 Å². The van der Waals surface area contributed by atoms with E-state index in [2.05, 4.69) is 10.3 Å². The molecule has 2 rings (SSSR count). The van der Waals surface area contributed by atoms with Gasteiger partial charge in [0.2, 0.25) is 0 Å². The lowest BCUT2D eigenvalue weighted by Gasteiger charge is -2.09. The minimum atomic E-state index is -3.93. The molecule has 0 saturated carbocycles.